The average molecular weight is 441 g/mol. The highest BCUT2D eigenvalue weighted by molar-refractivity contribution is 7.78. The Morgan fingerprint density at radius 2 is 1.63 bits per heavy atom. The molecule has 2 aromatic rings. The first-order valence-corrected chi connectivity index (χ1v) is 8.85. The van der Waals surface area contributed by atoms with E-state index < -0.39 is 30.1 Å². The fraction of sp³-hybridized carbons (Fsp3) is 0.211. The molecule has 7 nitrogen and oxygen atoms in total. The van der Waals surface area contributed by atoms with Crippen LogP contribution in [0.2, 0.25) is 0 Å². The lowest BCUT2D eigenvalue weighted by molar-refractivity contribution is -0.171. The smallest absolute Gasteiger partial charge is 0.418 e. The molecule has 2 aromatic carbocycles. The van der Waals surface area contributed by atoms with E-state index in [9.17, 15) is 27.6 Å². The fourth-order valence-corrected chi connectivity index (χ4v) is 2.70. The molecule has 0 aliphatic carbocycles. The number of rotatable bonds is 5. The molecular formula is C19H18F3N3O4S. The standard InChI is InChI=1S/C19H18F3N3O4S/c1-11-5-3-4-6-14(11)24-16(26)15(19(20,21)22)25(30)18(28)23-13-9-7-12(8-10-13)17(27)29-2/h3-10,15,30H,1-2H3,(H,23,28)(H,24,26). The molecule has 0 aliphatic heterocycles. The molecule has 0 fully saturated rings. The number of nitrogens with one attached hydrogen (secondary N) is 2. The molecule has 11 heteroatoms. The minimum Gasteiger partial charge on any atom is -0.465 e. The van der Waals surface area contributed by atoms with Crippen LogP contribution in [0.15, 0.2) is 48.5 Å². The minimum atomic E-state index is -5.08. The molecular weight excluding hydrogens is 423 g/mol. The number of anilines is 2. The van der Waals surface area contributed by atoms with Crippen LogP contribution < -0.4 is 10.6 Å². The SMILES string of the molecule is COC(=O)c1ccc(NC(=O)N(S)C(C(=O)Nc2ccccc2C)C(F)(F)F)cc1. The van der Waals surface area contributed by atoms with Gasteiger partial charge < -0.3 is 15.4 Å². The second-order valence-corrected chi connectivity index (χ2v) is 6.52. The van der Waals surface area contributed by atoms with E-state index in [1.54, 1.807) is 25.1 Å². The van der Waals surface area contributed by atoms with Crippen LogP contribution in [0.25, 0.3) is 0 Å². The van der Waals surface area contributed by atoms with Crippen molar-refractivity contribution in [1.29, 1.82) is 0 Å². The molecule has 0 aromatic heterocycles. The maximum Gasteiger partial charge on any atom is 0.418 e. The van der Waals surface area contributed by atoms with Crippen molar-refractivity contribution < 1.29 is 32.3 Å². The summed E-state index contributed by atoms with van der Waals surface area (Å²) < 4.78 is 45.1. The lowest BCUT2D eigenvalue weighted by atomic mass is 10.2. The molecule has 0 heterocycles. The number of esters is 1. The van der Waals surface area contributed by atoms with Gasteiger partial charge in [0, 0.05) is 11.4 Å². The minimum absolute atomic E-state index is 0.0399. The van der Waals surface area contributed by atoms with Crippen LogP contribution in [-0.2, 0) is 9.53 Å². The van der Waals surface area contributed by atoms with Crippen LogP contribution >= 0.6 is 12.8 Å². The van der Waals surface area contributed by atoms with Crippen LogP contribution in [0.1, 0.15) is 15.9 Å². The van der Waals surface area contributed by atoms with Gasteiger partial charge in [0.05, 0.1) is 12.7 Å². The topological polar surface area (TPSA) is 87.7 Å². The predicted molar refractivity (Wildman–Crippen MR) is 107 cm³/mol. The molecule has 0 spiro atoms. The average Bonchev–Trinajstić information content (AvgIpc) is 2.68. The number of hydrogen-bond donors (Lipinski definition) is 3. The van der Waals surface area contributed by atoms with Crippen LogP contribution in [0, 0.1) is 6.92 Å². The van der Waals surface area contributed by atoms with Gasteiger partial charge in [-0.15, -0.1) is 0 Å². The fourth-order valence-electron chi connectivity index (χ4n) is 2.42. The zero-order chi connectivity index (χ0) is 22.5. The van der Waals surface area contributed by atoms with Gasteiger partial charge in [-0.3, -0.25) is 4.79 Å². The van der Waals surface area contributed by atoms with E-state index in [2.05, 4.69) is 28.2 Å². The van der Waals surface area contributed by atoms with E-state index in [4.69, 9.17) is 0 Å². The van der Waals surface area contributed by atoms with Gasteiger partial charge >= 0.3 is 18.2 Å². The Labute approximate surface area is 175 Å². The van der Waals surface area contributed by atoms with E-state index >= 15 is 0 Å². The lowest BCUT2D eigenvalue weighted by Crippen LogP contribution is -2.52. The summed E-state index contributed by atoms with van der Waals surface area (Å²) in [7, 11) is 1.19. The summed E-state index contributed by atoms with van der Waals surface area (Å²) in [5.41, 5.74) is 1.00. The molecule has 0 saturated heterocycles. The molecule has 160 valence electrons. The number of amides is 3. The number of carbonyl (C=O) groups excluding carboxylic acids is 3. The van der Waals surface area contributed by atoms with Crippen LogP contribution in [0.5, 0.6) is 0 Å². The second kappa shape index (κ2) is 9.53. The normalized spacial score (nSPS) is 11.9. The van der Waals surface area contributed by atoms with Crippen molar-refractivity contribution in [2.75, 3.05) is 17.7 Å². The first kappa shape index (κ1) is 23.1. The molecule has 3 amide bonds. The maximum atomic E-state index is 13.5. The number of urea groups is 1. The van der Waals surface area contributed by atoms with Crippen molar-refractivity contribution in [2.45, 2.75) is 19.1 Å². The Morgan fingerprint density at radius 1 is 1.03 bits per heavy atom. The summed E-state index contributed by atoms with van der Waals surface area (Å²) in [6.45, 7) is 1.61. The van der Waals surface area contributed by atoms with Crippen LogP contribution in [-0.4, -0.2) is 41.5 Å². The Hall–Kier alpha value is -3.21. The second-order valence-electron chi connectivity index (χ2n) is 6.09. The summed E-state index contributed by atoms with van der Waals surface area (Å²) in [5.74, 6) is -2.09. The van der Waals surface area contributed by atoms with Crippen LogP contribution in [0.4, 0.5) is 29.3 Å². The summed E-state index contributed by atoms with van der Waals surface area (Å²) >= 11 is 3.61. The molecule has 2 N–H and O–H groups in total. The Bertz CT molecular complexity index is 935. The molecule has 30 heavy (non-hydrogen) atoms. The largest absolute Gasteiger partial charge is 0.465 e. The first-order chi connectivity index (χ1) is 14.0. The highest BCUT2D eigenvalue weighted by Gasteiger charge is 2.50. The Balaban J connectivity index is 2.17. The van der Waals surface area contributed by atoms with E-state index in [-0.39, 0.29) is 21.2 Å². The number of aryl methyl sites for hydroxylation is 1. The number of ether oxygens (including phenoxy) is 1. The van der Waals surface area contributed by atoms with E-state index in [0.717, 1.165) is 0 Å². The Kier molecular flexibility index (Phi) is 7.33. The van der Waals surface area contributed by atoms with Crippen molar-refractivity contribution >= 4 is 42.1 Å². The quantitative estimate of drug-likeness (QED) is 0.483. The Morgan fingerprint density at radius 3 is 2.17 bits per heavy atom. The van der Waals surface area contributed by atoms with Crippen molar-refractivity contribution in [2.24, 2.45) is 0 Å². The van der Waals surface area contributed by atoms with Gasteiger partial charge in [-0.05, 0) is 42.8 Å². The number of alkyl halides is 3. The number of halogens is 3. The molecule has 1 unspecified atom stereocenters. The number of nitrogens with zero attached hydrogens (tertiary/aromatic N) is 1. The third-order valence-electron chi connectivity index (χ3n) is 3.97. The van der Waals surface area contributed by atoms with Gasteiger partial charge in [-0.1, -0.05) is 31.0 Å². The summed E-state index contributed by atoms with van der Waals surface area (Å²) in [5, 5.41) is 4.35. The summed E-state index contributed by atoms with van der Waals surface area (Å²) in [6, 6.07) is 7.34. The monoisotopic (exact) mass is 441 g/mol. The molecule has 0 bridgehead atoms. The number of carbonyl (C=O) groups is 3. The predicted octanol–water partition coefficient (Wildman–Crippen LogP) is 4.03. The third kappa shape index (κ3) is 5.66. The molecule has 0 radical (unpaired) electrons. The number of thiol groups is 1. The lowest BCUT2D eigenvalue weighted by Gasteiger charge is -2.28. The number of hydrogen-bond acceptors (Lipinski definition) is 5. The van der Waals surface area contributed by atoms with E-state index in [1.165, 1.54) is 37.4 Å². The summed E-state index contributed by atoms with van der Waals surface area (Å²) in [4.78, 5) is 36.0. The first-order valence-electron chi connectivity index (χ1n) is 8.45. The van der Waals surface area contributed by atoms with Crippen molar-refractivity contribution in [3.63, 3.8) is 0 Å². The molecule has 2 rings (SSSR count). The van der Waals surface area contributed by atoms with E-state index in [1.807, 2.05) is 0 Å². The van der Waals surface area contributed by atoms with Gasteiger partial charge in [-0.25, -0.2) is 13.9 Å². The van der Waals surface area contributed by atoms with Crippen molar-refractivity contribution in [3.05, 3.63) is 59.7 Å². The van der Waals surface area contributed by atoms with Gasteiger partial charge in [-0.2, -0.15) is 13.2 Å². The zero-order valence-corrected chi connectivity index (χ0v) is 16.8. The van der Waals surface area contributed by atoms with Gasteiger partial charge in [0.15, 0.2) is 0 Å². The maximum absolute atomic E-state index is 13.5. The molecule has 1 atom stereocenters. The zero-order valence-electron chi connectivity index (χ0n) is 15.9. The summed E-state index contributed by atoms with van der Waals surface area (Å²) in [6.07, 6.45) is -5.08. The number of para-hydroxylation sites is 1. The van der Waals surface area contributed by atoms with Gasteiger partial charge in [0.25, 0.3) is 5.91 Å². The number of methoxy groups -OCH3 is 1. The highest BCUT2D eigenvalue weighted by Crippen LogP contribution is 2.28. The molecule has 0 saturated carbocycles. The van der Waals surface area contributed by atoms with Crippen LogP contribution in [0.3, 0.4) is 0 Å². The van der Waals surface area contributed by atoms with Gasteiger partial charge in [0.2, 0.25) is 6.04 Å². The number of benzene rings is 2. The highest BCUT2D eigenvalue weighted by atomic mass is 32.1. The third-order valence-corrected chi connectivity index (χ3v) is 4.38. The van der Waals surface area contributed by atoms with Crippen molar-refractivity contribution in [1.82, 2.24) is 4.31 Å². The van der Waals surface area contributed by atoms with Crippen molar-refractivity contribution in [3.8, 4) is 0 Å². The van der Waals surface area contributed by atoms with Gasteiger partial charge in [0.1, 0.15) is 0 Å². The van der Waals surface area contributed by atoms with E-state index in [0.29, 0.717) is 5.56 Å². The molecule has 0 aliphatic rings.